The van der Waals surface area contributed by atoms with Gasteiger partial charge in [0, 0.05) is 14.2 Å². The fraction of sp³-hybridized carbons (Fsp3) is 0.364. The molecule has 8 heteroatoms. The molecular formula is C22H22O8. The lowest BCUT2D eigenvalue weighted by atomic mass is 9.89. The lowest BCUT2D eigenvalue weighted by molar-refractivity contribution is -0.106. The lowest BCUT2D eigenvalue weighted by Crippen LogP contribution is -2.37. The van der Waals surface area contributed by atoms with Crippen LogP contribution in [0.15, 0.2) is 34.9 Å². The number of hydrogen-bond donors (Lipinski definition) is 0. The van der Waals surface area contributed by atoms with Gasteiger partial charge in [0.2, 0.25) is 12.5 Å². The second kappa shape index (κ2) is 7.30. The minimum Gasteiger partial charge on any atom is -0.492 e. The molecule has 0 radical (unpaired) electrons. The van der Waals surface area contributed by atoms with Crippen molar-refractivity contribution in [2.24, 2.45) is 0 Å². The molecule has 0 saturated carbocycles. The molecule has 0 spiro atoms. The van der Waals surface area contributed by atoms with Crippen LogP contribution < -0.4 is 23.7 Å². The zero-order valence-corrected chi connectivity index (χ0v) is 17.1. The van der Waals surface area contributed by atoms with Crippen molar-refractivity contribution in [2.45, 2.75) is 18.3 Å². The van der Waals surface area contributed by atoms with E-state index in [0.29, 0.717) is 34.3 Å². The number of rotatable bonds is 5. The van der Waals surface area contributed by atoms with E-state index < -0.39 is 18.3 Å². The number of benzene rings is 2. The summed E-state index contributed by atoms with van der Waals surface area (Å²) in [5.41, 5.74) is 2.14. The van der Waals surface area contributed by atoms with E-state index >= 15 is 0 Å². The molecule has 0 saturated heterocycles. The maximum atomic E-state index is 6.53. The predicted octanol–water partition coefficient (Wildman–Crippen LogP) is 4.01. The van der Waals surface area contributed by atoms with E-state index in [1.807, 2.05) is 24.3 Å². The van der Waals surface area contributed by atoms with E-state index in [0.717, 1.165) is 16.5 Å². The third-order valence-corrected chi connectivity index (χ3v) is 5.60. The van der Waals surface area contributed by atoms with Gasteiger partial charge in [0.05, 0.1) is 31.4 Å². The molecule has 0 aliphatic carbocycles. The summed E-state index contributed by atoms with van der Waals surface area (Å²) < 4.78 is 46.3. The Labute approximate surface area is 173 Å². The summed E-state index contributed by atoms with van der Waals surface area (Å²) in [4.78, 5) is 0. The Kier molecular flexibility index (Phi) is 4.60. The minimum atomic E-state index is -0.475. The molecule has 2 aliphatic rings. The van der Waals surface area contributed by atoms with Crippen molar-refractivity contribution < 1.29 is 37.6 Å². The molecule has 3 atom stereocenters. The van der Waals surface area contributed by atoms with E-state index in [2.05, 4.69) is 0 Å². The fourth-order valence-electron chi connectivity index (χ4n) is 4.28. The average Bonchev–Trinajstić information content (AvgIpc) is 3.45. The molecule has 2 aliphatic heterocycles. The maximum absolute atomic E-state index is 6.53. The van der Waals surface area contributed by atoms with Gasteiger partial charge in [0.15, 0.2) is 28.9 Å². The quantitative estimate of drug-likeness (QED) is 0.620. The number of hydrogen-bond acceptors (Lipinski definition) is 8. The second-order valence-corrected chi connectivity index (χ2v) is 6.98. The van der Waals surface area contributed by atoms with Crippen molar-refractivity contribution in [1.29, 1.82) is 0 Å². The predicted molar refractivity (Wildman–Crippen MR) is 106 cm³/mol. The zero-order chi connectivity index (χ0) is 20.8. The fourth-order valence-corrected chi connectivity index (χ4v) is 4.28. The average molecular weight is 414 g/mol. The summed E-state index contributed by atoms with van der Waals surface area (Å²) in [6, 6.07) is 7.55. The van der Waals surface area contributed by atoms with Crippen LogP contribution >= 0.6 is 0 Å². The molecule has 3 aromatic rings. The molecule has 3 heterocycles. The number of fused-ring (bicyclic) bond motifs is 4. The summed E-state index contributed by atoms with van der Waals surface area (Å²) in [6.45, 7) is 0.203. The molecule has 0 unspecified atom stereocenters. The standard InChI is InChI=1S/C22H22O8/c1-23-19-15-17(12-7-8-27-18(12)22(26-4)20(15)24-2)30-16(21(19)25-3)11-5-6-13-14(9-11)29-10-28-13/h5-9,16,19,21H,10H2,1-4H3/t16-,19+,21-/m0/s1. The van der Waals surface area contributed by atoms with E-state index in [-0.39, 0.29) is 6.79 Å². The highest BCUT2D eigenvalue weighted by Gasteiger charge is 2.44. The van der Waals surface area contributed by atoms with Gasteiger partial charge in [0.25, 0.3) is 0 Å². The summed E-state index contributed by atoms with van der Waals surface area (Å²) in [7, 11) is 6.41. The van der Waals surface area contributed by atoms with E-state index in [1.165, 1.54) is 0 Å². The highest BCUT2D eigenvalue weighted by atomic mass is 16.7. The second-order valence-electron chi connectivity index (χ2n) is 6.98. The molecule has 0 amide bonds. The van der Waals surface area contributed by atoms with Crippen molar-refractivity contribution in [3.8, 4) is 28.7 Å². The van der Waals surface area contributed by atoms with Gasteiger partial charge >= 0.3 is 0 Å². The largest absolute Gasteiger partial charge is 0.492 e. The SMILES string of the molecule is COc1c2c(c3ccoc3c1OC)O[C@@H](c1ccc3c(c1)OCO3)[C@H](OC)[C@@H]2OC. The summed E-state index contributed by atoms with van der Waals surface area (Å²) >= 11 is 0. The van der Waals surface area contributed by atoms with Crippen LogP contribution in [0.2, 0.25) is 0 Å². The van der Waals surface area contributed by atoms with Crippen molar-refractivity contribution in [3.63, 3.8) is 0 Å². The van der Waals surface area contributed by atoms with Crippen LogP contribution in [0, 0.1) is 0 Å². The minimum absolute atomic E-state index is 0.203. The van der Waals surface area contributed by atoms with Gasteiger partial charge in [-0.2, -0.15) is 0 Å². The molecule has 1 aromatic heterocycles. The highest BCUT2D eigenvalue weighted by molar-refractivity contribution is 5.94. The number of ether oxygens (including phenoxy) is 7. The Morgan fingerprint density at radius 2 is 1.70 bits per heavy atom. The van der Waals surface area contributed by atoms with Crippen LogP contribution in [0.3, 0.4) is 0 Å². The topological polar surface area (TPSA) is 77.8 Å². The Morgan fingerprint density at radius 1 is 0.900 bits per heavy atom. The van der Waals surface area contributed by atoms with Gasteiger partial charge in [0.1, 0.15) is 18.0 Å². The molecular weight excluding hydrogens is 392 g/mol. The van der Waals surface area contributed by atoms with Crippen LogP contribution in [0.25, 0.3) is 11.0 Å². The first kappa shape index (κ1) is 18.9. The first-order chi connectivity index (χ1) is 14.7. The van der Waals surface area contributed by atoms with Crippen LogP contribution in [-0.2, 0) is 9.47 Å². The number of methoxy groups -OCH3 is 4. The van der Waals surface area contributed by atoms with Gasteiger partial charge in [-0.25, -0.2) is 0 Å². The molecule has 0 N–H and O–H groups in total. The molecule has 30 heavy (non-hydrogen) atoms. The third-order valence-electron chi connectivity index (χ3n) is 5.60. The molecule has 158 valence electrons. The first-order valence-corrected chi connectivity index (χ1v) is 9.48. The summed E-state index contributed by atoms with van der Waals surface area (Å²) in [6.07, 6.45) is 0.206. The van der Waals surface area contributed by atoms with Crippen molar-refractivity contribution in [2.75, 3.05) is 35.2 Å². The van der Waals surface area contributed by atoms with E-state index in [1.54, 1.807) is 34.7 Å². The molecule has 0 fully saturated rings. The zero-order valence-electron chi connectivity index (χ0n) is 17.1. The van der Waals surface area contributed by atoms with Crippen LogP contribution in [0.1, 0.15) is 23.3 Å². The highest BCUT2D eigenvalue weighted by Crippen LogP contribution is 2.55. The van der Waals surface area contributed by atoms with Crippen LogP contribution in [0.5, 0.6) is 28.7 Å². The third kappa shape index (κ3) is 2.60. The first-order valence-electron chi connectivity index (χ1n) is 9.48. The van der Waals surface area contributed by atoms with Gasteiger partial charge in [-0.15, -0.1) is 0 Å². The van der Waals surface area contributed by atoms with E-state index in [4.69, 9.17) is 37.6 Å². The van der Waals surface area contributed by atoms with Crippen LogP contribution in [-0.4, -0.2) is 41.3 Å². The molecule has 2 aromatic carbocycles. The Bertz CT molecular complexity index is 1090. The van der Waals surface area contributed by atoms with Crippen LogP contribution in [0.4, 0.5) is 0 Å². The van der Waals surface area contributed by atoms with E-state index in [9.17, 15) is 0 Å². The summed E-state index contributed by atoms with van der Waals surface area (Å²) in [5, 5.41) is 0.769. The Hall–Kier alpha value is -3.10. The molecule has 5 rings (SSSR count). The molecule has 8 nitrogen and oxygen atoms in total. The Balaban J connectivity index is 1.72. The number of furan rings is 1. The lowest BCUT2D eigenvalue weighted by Gasteiger charge is -2.39. The van der Waals surface area contributed by atoms with Gasteiger partial charge in [-0.3, -0.25) is 0 Å². The Morgan fingerprint density at radius 3 is 2.43 bits per heavy atom. The van der Waals surface area contributed by atoms with Gasteiger partial charge < -0.3 is 37.6 Å². The molecule has 0 bridgehead atoms. The summed E-state index contributed by atoms with van der Waals surface area (Å²) in [5.74, 6) is 2.97. The van der Waals surface area contributed by atoms with Gasteiger partial charge in [-0.1, -0.05) is 6.07 Å². The smallest absolute Gasteiger partial charge is 0.231 e. The van der Waals surface area contributed by atoms with Crippen molar-refractivity contribution >= 4 is 11.0 Å². The van der Waals surface area contributed by atoms with Crippen molar-refractivity contribution in [3.05, 3.63) is 41.7 Å². The van der Waals surface area contributed by atoms with Crippen molar-refractivity contribution in [1.82, 2.24) is 0 Å². The van der Waals surface area contributed by atoms with Gasteiger partial charge in [-0.05, 0) is 23.8 Å². The normalized spacial score (nSPS) is 21.9. The maximum Gasteiger partial charge on any atom is 0.231 e. The monoisotopic (exact) mass is 414 g/mol.